The Morgan fingerprint density at radius 3 is 2.52 bits per heavy atom. The number of aromatic amines is 1. The second-order valence-electron chi connectivity index (χ2n) is 6.44. The lowest BCUT2D eigenvalue weighted by Crippen LogP contribution is -2.31. The van der Waals surface area contributed by atoms with Gasteiger partial charge in [-0.25, -0.2) is 4.79 Å². The number of aromatic nitrogens is 1. The van der Waals surface area contributed by atoms with Gasteiger partial charge in [0.15, 0.2) is 5.78 Å². The van der Waals surface area contributed by atoms with E-state index in [0.29, 0.717) is 22.0 Å². The first-order valence-corrected chi connectivity index (χ1v) is 8.87. The molecule has 0 bridgehead atoms. The average Bonchev–Trinajstić information content (AvgIpc) is 2.96. The van der Waals surface area contributed by atoms with Crippen molar-refractivity contribution in [2.24, 2.45) is 0 Å². The van der Waals surface area contributed by atoms with E-state index in [1.54, 1.807) is 24.9 Å². The van der Waals surface area contributed by atoms with Crippen LogP contribution in [-0.4, -0.2) is 41.7 Å². The molecular weight excluding hydrogens is 368 g/mol. The molecule has 0 aliphatic carbocycles. The molecule has 0 spiro atoms. The topological polar surface area (TPSA) is 79.5 Å². The highest BCUT2D eigenvalue weighted by molar-refractivity contribution is 6.30. The molecule has 144 valence electrons. The highest BCUT2D eigenvalue weighted by Crippen LogP contribution is 2.25. The summed E-state index contributed by atoms with van der Waals surface area (Å²) in [5.74, 6) is -0.995. The molecule has 1 aromatic carbocycles. The van der Waals surface area contributed by atoms with Crippen molar-refractivity contribution in [3.63, 3.8) is 0 Å². The molecular formula is C20H23ClN2O4. The zero-order valence-electron chi connectivity index (χ0n) is 16.1. The molecule has 6 nitrogen and oxygen atoms in total. The molecule has 2 rings (SSSR count). The van der Waals surface area contributed by atoms with E-state index in [1.165, 1.54) is 14.0 Å². The molecule has 1 amide bonds. The first-order chi connectivity index (χ1) is 12.7. The van der Waals surface area contributed by atoms with Crippen LogP contribution in [0.3, 0.4) is 0 Å². The number of carbonyl (C=O) groups excluding carboxylic acids is 3. The number of likely N-dealkylation sites (N-methyl/N-ethyl adjacent to an activating group) is 1. The number of Topliss-reactive ketones (excluding diaryl/α,β-unsaturated/α-hetero) is 1. The van der Waals surface area contributed by atoms with E-state index in [9.17, 15) is 14.4 Å². The van der Waals surface area contributed by atoms with Crippen LogP contribution in [0.5, 0.6) is 0 Å². The van der Waals surface area contributed by atoms with E-state index in [1.807, 2.05) is 25.1 Å². The van der Waals surface area contributed by atoms with Crippen molar-refractivity contribution < 1.29 is 19.1 Å². The third-order valence-corrected chi connectivity index (χ3v) is 4.94. The fraction of sp³-hybridized carbons (Fsp3) is 0.350. The predicted octanol–water partition coefficient (Wildman–Crippen LogP) is 3.73. The molecule has 1 heterocycles. The van der Waals surface area contributed by atoms with Gasteiger partial charge in [-0.15, -0.1) is 0 Å². The highest BCUT2D eigenvalue weighted by atomic mass is 35.5. The van der Waals surface area contributed by atoms with Crippen molar-refractivity contribution in [2.45, 2.75) is 33.2 Å². The minimum atomic E-state index is -0.579. The summed E-state index contributed by atoms with van der Waals surface area (Å²) < 4.78 is 4.81. The van der Waals surface area contributed by atoms with E-state index in [-0.39, 0.29) is 29.7 Å². The Morgan fingerprint density at radius 2 is 1.96 bits per heavy atom. The average molecular weight is 391 g/mol. The highest BCUT2D eigenvalue weighted by Gasteiger charge is 2.26. The number of hydrogen-bond donors (Lipinski definition) is 1. The van der Waals surface area contributed by atoms with Gasteiger partial charge in [-0.3, -0.25) is 9.59 Å². The van der Waals surface area contributed by atoms with Crippen LogP contribution < -0.4 is 0 Å². The SMILES string of the molecule is COC(=O)c1c(CC(=O)N(C)C(C)c2cccc(Cl)c2)[nH]c(C(C)=O)c1C. The third kappa shape index (κ3) is 4.39. The lowest BCUT2D eigenvalue weighted by atomic mass is 10.0. The van der Waals surface area contributed by atoms with Gasteiger partial charge < -0.3 is 14.6 Å². The Bertz CT molecular complexity index is 888. The predicted molar refractivity (Wildman–Crippen MR) is 103 cm³/mol. The largest absolute Gasteiger partial charge is 0.465 e. The molecule has 1 aromatic heterocycles. The minimum absolute atomic E-state index is 0.0556. The quantitative estimate of drug-likeness (QED) is 0.602. The number of H-pyrrole nitrogens is 1. The van der Waals surface area contributed by atoms with Crippen molar-refractivity contribution in [2.75, 3.05) is 14.2 Å². The summed E-state index contributed by atoms with van der Waals surface area (Å²) in [5, 5.41) is 0.597. The Hall–Kier alpha value is -2.60. The van der Waals surface area contributed by atoms with Crippen LogP contribution in [0.15, 0.2) is 24.3 Å². The summed E-state index contributed by atoms with van der Waals surface area (Å²) in [6.07, 6.45) is -0.0556. The Balaban J connectivity index is 2.30. The molecule has 0 aliphatic heterocycles. The van der Waals surface area contributed by atoms with Gasteiger partial charge in [-0.05, 0) is 37.1 Å². The van der Waals surface area contributed by atoms with Crippen molar-refractivity contribution in [1.29, 1.82) is 0 Å². The van der Waals surface area contributed by atoms with E-state index in [0.717, 1.165) is 5.56 Å². The number of hydrogen-bond acceptors (Lipinski definition) is 4. The maximum Gasteiger partial charge on any atom is 0.339 e. The molecule has 7 heteroatoms. The number of methoxy groups -OCH3 is 1. The number of amides is 1. The zero-order chi connectivity index (χ0) is 20.3. The van der Waals surface area contributed by atoms with Gasteiger partial charge in [-0.2, -0.15) is 0 Å². The first kappa shape index (κ1) is 20.7. The standard InChI is InChI=1S/C20H23ClN2O4/c1-11-18(20(26)27-5)16(22-19(11)13(3)24)10-17(25)23(4)12(2)14-7-6-8-15(21)9-14/h6-9,12,22H,10H2,1-5H3. The van der Waals surface area contributed by atoms with Crippen LogP contribution in [0.4, 0.5) is 0 Å². The second kappa shape index (κ2) is 8.39. The van der Waals surface area contributed by atoms with Crippen molar-refractivity contribution in [1.82, 2.24) is 9.88 Å². The fourth-order valence-electron chi connectivity index (χ4n) is 3.00. The maximum atomic E-state index is 12.8. The molecule has 2 aromatic rings. The summed E-state index contributed by atoms with van der Waals surface area (Å²) in [5.41, 5.74) is 2.31. The molecule has 1 N–H and O–H groups in total. The first-order valence-electron chi connectivity index (χ1n) is 8.49. The van der Waals surface area contributed by atoms with Gasteiger partial charge in [0, 0.05) is 24.7 Å². The number of nitrogens with zero attached hydrogens (tertiary/aromatic N) is 1. The van der Waals surface area contributed by atoms with E-state index < -0.39 is 5.97 Å². The number of rotatable bonds is 6. The van der Waals surface area contributed by atoms with Crippen LogP contribution in [0.25, 0.3) is 0 Å². The van der Waals surface area contributed by atoms with Crippen molar-refractivity contribution >= 4 is 29.3 Å². The molecule has 1 unspecified atom stereocenters. The molecule has 1 atom stereocenters. The summed E-state index contributed by atoms with van der Waals surface area (Å²) >= 11 is 6.03. The second-order valence-corrected chi connectivity index (χ2v) is 6.88. The van der Waals surface area contributed by atoms with Crippen LogP contribution in [0, 0.1) is 6.92 Å². The third-order valence-electron chi connectivity index (χ3n) is 4.70. The number of benzene rings is 1. The molecule has 0 radical (unpaired) electrons. The van der Waals surface area contributed by atoms with E-state index in [2.05, 4.69) is 4.98 Å². The van der Waals surface area contributed by atoms with E-state index in [4.69, 9.17) is 16.3 Å². The molecule has 0 saturated carbocycles. The maximum absolute atomic E-state index is 12.8. The molecule has 0 aliphatic rings. The Morgan fingerprint density at radius 1 is 1.30 bits per heavy atom. The molecule has 0 saturated heterocycles. The van der Waals surface area contributed by atoms with Crippen LogP contribution in [0.1, 0.15) is 57.6 Å². The van der Waals surface area contributed by atoms with Crippen LogP contribution >= 0.6 is 11.6 Å². The number of esters is 1. The molecule has 0 fully saturated rings. The summed E-state index contributed by atoms with van der Waals surface area (Å²) in [4.78, 5) is 41.2. The molecule has 27 heavy (non-hydrogen) atoms. The number of halogens is 1. The lowest BCUT2D eigenvalue weighted by molar-refractivity contribution is -0.131. The summed E-state index contributed by atoms with van der Waals surface area (Å²) in [6, 6.07) is 7.10. The van der Waals surface area contributed by atoms with Gasteiger partial charge in [0.1, 0.15) is 0 Å². The Labute approximate surface area is 163 Å². The smallest absolute Gasteiger partial charge is 0.339 e. The summed E-state index contributed by atoms with van der Waals surface area (Å²) in [7, 11) is 2.95. The normalized spacial score (nSPS) is 11.8. The van der Waals surface area contributed by atoms with E-state index >= 15 is 0 Å². The number of nitrogens with one attached hydrogen (secondary N) is 1. The van der Waals surface area contributed by atoms with Crippen LogP contribution in [-0.2, 0) is 16.0 Å². The fourth-order valence-corrected chi connectivity index (χ4v) is 3.20. The Kier molecular flexibility index (Phi) is 6.44. The number of ether oxygens (including phenoxy) is 1. The van der Waals surface area contributed by atoms with Gasteiger partial charge >= 0.3 is 5.97 Å². The minimum Gasteiger partial charge on any atom is -0.465 e. The van der Waals surface area contributed by atoms with Crippen molar-refractivity contribution in [3.05, 3.63) is 57.4 Å². The van der Waals surface area contributed by atoms with Gasteiger partial charge in [-0.1, -0.05) is 23.7 Å². The lowest BCUT2D eigenvalue weighted by Gasteiger charge is -2.25. The van der Waals surface area contributed by atoms with Gasteiger partial charge in [0.25, 0.3) is 0 Å². The van der Waals surface area contributed by atoms with Crippen molar-refractivity contribution in [3.8, 4) is 0 Å². The van der Waals surface area contributed by atoms with Gasteiger partial charge in [0.05, 0.1) is 30.8 Å². The monoisotopic (exact) mass is 390 g/mol. The number of ketones is 1. The summed E-state index contributed by atoms with van der Waals surface area (Å²) in [6.45, 7) is 4.95. The number of carbonyl (C=O) groups is 3. The van der Waals surface area contributed by atoms with Crippen LogP contribution in [0.2, 0.25) is 5.02 Å². The van der Waals surface area contributed by atoms with Gasteiger partial charge in [0.2, 0.25) is 5.91 Å². The zero-order valence-corrected chi connectivity index (χ0v) is 16.8.